The lowest BCUT2D eigenvalue weighted by Crippen LogP contribution is -2.49. The number of nitrogens with one attached hydrogen (secondary N) is 2. The molecule has 0 saturated carbocycles. The van der Waals surface area contributed by atoms with Gasteiger partial charge in [0.15, 0.2) is 9.84 Å². The van der Waals surface area contributed by atoms with Crippen molar-refractivity contribution < 1.29 is 41.0 Å². The van der Waals surface area contributed by atoms with Gasteiger partial charge in [0, 0.05) is 36.3 Å². The van der Waals surface area contributed by atoms with E-state index in [-0.39, 0.29) is 41.5 Å². The number of sulfone groups is 1. The molecular weight excluding hydrogens is 635 g/mol. The van der Waals surface area contributed by atoms with Crippen LogP contribution in [0.5, 0.6) is 5.75 Å². The Balaban J connectivity index is 1.28. The lowest BCUT2D eigenvalue weighted by Gasteiger charge is -2.35. The van der Waals surface area contributed by atoms with Crippen LogP contribution in [-0.4, -0.2) is 75.8 Å². The number of halogens is 3. The molecule has 2 saturated heterocycles. The summed E-state index contributed by atoms with van der Waals surface area (Å²) in [6.45, 7) is 5.13. The van der Waals surface area contributed by atoms with Gasteiger partial charge in [-0.15, -0.1) is 0 Å². The van der Waals surface area contributed by atoms with E-state index < -0.39 is 33.5 Å². The number of amides is 1. The van der Waals surface area contributed by atoms with Gasteiger partial charge in [-0.3, -0.25) is 4.79 Å². The Hall–Kier alpha value is -3.65. The minimum atomic E-state index is -4.42. The third-order valence-electron chi connectivity index (χ3n) is 8.79. The number of rotatable bonds is 11. The number of hydrogen-bond donors (Lipinski definition) is 3. The molecule has 2 aliphatic rings. The van der Waals surface area contributed by atoms with E-state index in [4.69, 9.17) is 9.47 Å². The van der Waals surface area contributed by atoms with Gasteiger partial charge in [-0.2, -0.15) is 13.2 Å². The summed E-state index contributed by atoms with van der Waals surface area (Å²) in [5, 5.41) is 16.2. The van der Waals surface area contributed by atoms with Crippen LogP contribution in [0.15, 0.2) is 77.7 Å². The summed E-state index contributed by atoms with van der Waals surface area (Å²) in [7, 11) is -3.38. The van der Waals surface area contributed by atoms with Crippen molar-refractivity contribution in [1.82, 2.24) is 10.6 Å². The highest BCUT2D eigenvalue weighted by Crippen LogP contribution is 2.34. The van der Waals surface area contributed by atoms with E-state index in [1.807, 2.05) is 12.1 Å². The Bertz CT molecular complexity index is 1600. The van der Waals surface area contributed by atoms with Gasteiger partial charge in [-0.25, -0.2) is 8.42 Å². The highest BCUT2D eigenvalue weighted by atomic mass is 32.2. The van der Waals surface area contributed by atoms with Crippen LogP contribution in [0.1, 0.15) is 54.2 Å². The lowest BCUT2D eigenvalue weighted by molar-refractivity contribution is -0.137. The van der Waals surface area contributed by atoms with Crippen molar-refractivity contribution >= 4 is 21.4 Å². The molecule has 2 fully saturated rings. The molecule has 2 unspecified atom stereocenters. The Kier molecular flexibility index (Phi) is 10.8. The second-order valence-electron chi connectivity index (χ2n) is 11.9. The number of nitrogens with zero attached hydrogens (tertiary/aromatic N) is 1. The molecule has 1 amide bonds. The molecule has 13 heteroatoms. The van der Waals surface area contributed by atoms with E-state index in [0.29, 0.717) is 42.9 Å². The number of benzene rings is 3. The van der Waals surface area contributed by atoms with Crippen LogP contribution >= 0.6 is 0 Å². The second-order valence-corrected chi connectivity index (χ2v) is 14.2. The van der Waals surface area contributed by atoms with E-state index in [0.717, 1.165) is 24.4 Å². The lowest BCUT2D eigenvalue weighted by atomic mass is 10.00. The minimum Gasteiger partial charge on any atom is -0.489 e. The molecule has 0 spiro atoms. The Labute approximate surface area is 273 Å². The number of ether oxygens (including phenoxy) is 2. The van der Waals surface area contributed by atoms with Crippen molar-refractivity contribution in [2.24, 2.45) is 0 Å². The zero-order chi connectivity index (χ0) is 33.8. The molecule has 5 atom stereocenters. The highest BCUT2D eigenvalue weighted by molar-refractivity contribution is 7.91. The maximum Gasteiger partial charge on any atom is 0.416 e. The average Bonchev–Trinajstić information content (AvgIpc) is 3.46. The molecule has 254 valence electrons. The monoisotopic (exact) mass is 675 g/mol. The molecule has 9 nitrogen and oxygen atoms in total. The SMILES string of the molecule is CCS(=O)(=O)c1ccc([C@H](CO)NC(=O)c2ccc(N3C[C@H](Oc4ccc(C(F)(F)F)cc4)C[C@H]3CC3OCCNC3C)cc2)cc1. The van der Waals surface area contributed by atoms with Gasteiger partial charge >= 0.3 is 6.18 Å². The van der Waals surface area contributed by atoms with Crippen LogP contribution in [0.2, 0.25) is 0 Å². The van der Waals surface area contributed by atoms with Crippen molar-refractivity contribution in [1.29, 1.82) is 0 Å². The van der Waals surface area contributed by atoms with Gasteiger partial charge in [-0.05, 0) is 79.6 Å². The molecule has 3 aromatic carbocycles. The first-order valence-corrected chi connectivity index (χ1v) is 17.3. The molecule has 2 heterocycles. The number of alkyl halides is 3. The average molecular weight is 676 g/mol. The van der Waals surface area contributed by atoms with Crippen molar-refractivity contribution in [3.05, 3.63) is 89.5 Å². The first-order valence-electron chi connectivity index (χ1n) is 15.7. The van der Waals surface area contributed by atoms with E-state index >= 15 is 0 Å². The maximum absolute atomic E-state index is 13.2. The topological polar surface area (TPSA) is 117 Å². The number of hydrogen-bond acceptors (Lipinski definition) is 8. The first-order chi connectivity index (χ1) is 22.4. The molecule has 0 bridgehead atoms. The fraction of sp³-hybridized carbons (Fsp3) is 0.441. The van der Waals surface area contributed by atoms with Crippen LogP contribution in [0.3, 0.4) is 0 Å². The van der Waals surface area contributed by atoms with Crippen molar-refractivity contribution in [3.63, 3.8) is 0 Å². The molecule has 2 aliphatic heterocycles. The summed E-state index contributed by atoms with van der Waals surface area (Å²) in [5.74, 6) is -0.0736. The predicted octanol–water partition coefficient (Wildman–Crippen LogP) is 4.76. The molecule has 0 radical (unpaired) electrons. The van der Waals surface area contributed by atoms with Crippen LogP contribution in [0, 0.1) is 0 Å². The number of carbonyl (C=O) groups is 1. The second kappa shape index (κ2) is 14.6. The van der Waals surface area contributed by atoms with Crippen LogP contribution < -0.4 is 20.3 Å². The van der Waals surface area contributed by atoms with Gasteiger partial charge in [0.1, 0.15) is 11.9 Å². The van der Waals surface area contributed by atoms with Gasteiger partial charge in [0.25, 0.3) is 5.91 Å². The Morgan fingerprint density at radius 1 is 1.09 bits per heavy atom. The molecule has 3 aromatic rings. The van der Waals surface area contributed by atoms with Gasteiger partial charge in [-0.1, -0.05) is 19.1 Å². The first kappa shape index (κ1) is 34.7. The number of aliphatic hydroxyl groups is 1. The van der Waals surface area contributed by atoms with Crippen molar-refractivity contribution in [2.45, 2.75) is 68.1 Å². The van der Waals surface area contributed by atoms with Crippen LogP contribution in [0.4, 0.5) is 18.9 Å². The predicted molar refractivity (Wildman–Crippen MR) is 171 cm³/mol. The van der Waals surface area contributed by atoms with Gasteiger partial charge < -0.3 is 30.1 Å². The molecular formula is C34H40F3N3O6S. The third-order valence-corrected chi connectivity index (χ3v) is 10.5. The Morgan fingerprint density at radius 3 is 2.36 bits per heavy atom. The van der Waals surface area contributed by atoms with E-state index in [9.17, 15) is 31.5 Å². The number of morpholine rings is 1. The number of carbonyl (C=O) groups excluding carboxylic acids is 1. The third kappa shape index (κ3) is 8.45. The smallest absolute Gasteiger partial charge is 0.416 e. The number of anilines is 1. The van der Waals surface area contributed by atoms with Crippen LogP contribution in [0.25, 0.3) is 0 Å². The fourth-order valence-electron chi connectivity index (χ4n) is 6.08. The highest BCUT2D eigenvalue weighted by Gasteiger charge is 2.37. The molecule has 0 aromatic heterocycles. The maximum atomic E-state index is 13.2. The quantitative estimate of drug-likeness (QED) is 0.267. The summed E-state index contributed by atoms with van der Waals surface area (Å²) < 4.78 is 75.6. The minimum absolute atomic E-state index is 0.0136. The van der Waals surface area contributed by atoms with Gasteiger partial charge in [0.2, 0.25) is 0 Å². The zero-order valence-corrected chi connectivity index (χ0v) is 27.1. The standard InChI is InChI=1S/C34H40F3N3O6S/c1-3-47(43,44)30-14-6-23(7-15-30)31(21-41)39-33(42)24-4-10-26(11-5-24)40-20-29(18-27(40)19-32-22(2)38-16-17-45-32)46-28-12-8-25(9-13-28)34(35,36)37/h4-15,22,27,29,31-32,38,41H,3,16-21H2,1-2H3,(H,39,42)/t22?,27-,29+,31-,32?/m0/s1. The molecule has 5 rings (SSSR count). The van der Waals surface area contributed by atoms with E-state index in [2.05, 4.69) is 22.5 Å². The Morgan fingerprint density at radius 2 is 1.77 bits per heavy atom. The zero-order valence-electron chi connectivity index (χ0n) is 26.2. The normalized spacial score (nSPS) is 22.6. The van der Waals surface area contributed by atoms with Gasteiger partial charge in [0.05, 0.1) is 48.1 Å². The molecule has 47 heavy (non-hydrogen) atoms. The fourth-order valence-corrected chi connectivity index (χ4v) is 6.97. The van der Waals surface area contributed by atoms with Crippen molar-refractivity contribution in [2.75, 3.05) is 37.0 Å². The summed E-state index contributed by atoms with van der Waals surface area (Å²) in [4.78, 5) is 15.5. The summed E-state index contributed by atoms with van der Waals surface area (Å²) in [6.07, 6.45) is -3.40. The van der Waals surface area contributed by atoms with E-state index in [1.165, 1.54) is 24.3 Å². The van der Waals surface area contributed by atoms with Crippen molar-refractivity contribution in [3.8, 4) is 5.75 Å². The van der Waals surface area contributed by atoms with E-state index in [1.54, 1.807) is 31.2 Å². The summed E-state index contributed by atoms with van der Waals surface area (Å²) >= 11 is 0. The number of aliphatic hydroxyl groups excluding tert-OH is 1. The summed E-state index contributed by atoms with van der Waals surface area (Å²) in [5.41, 5.74) is 1.06. The molecule has 3 N–H and O–H groups in total. The summed E-state index contributed by atoms with van der Waals surface area (Å²) in [6, 6.07) is 17.3. The largest absolute Gasteiger partial charge is 0.489 e. The van der Waals surface area contributed by atoms with Crippen LogP contribution in [-0.2, 0) is 20.8 Å². The molecule has 0 aliphatic carbocycles.